The number of ether oxygens (including phenoxy) is 4. The van der Waals surface area contributed by atoms with E-state index in [2.05, 4.69) is 79.2 Å². The largest absolute Gasteiger partial charge is 1.00 e. The maximum atomic E-state index is 13.1. The summed E-state index contributed by atoms with van der Waals surface area (Å²) in [7, 11) is -1.09. The second-order valence-electron chi connectivity index (χ2n) is 18.0. The van der Waals surface area contributed by atoms with Crippen LogP contribution in [0.2, 0.25) is 39.3 Å². The molecule has 1 amide bonds. The number of anilines is 2. The summed E-state index contributed by atoms with van der Waals surface area (Å²) >= 11 is 0. The Balaban J connectivity index is 0.000000225. The van der Waals surface area contributed by atoms with Crippen molar-refractivity contribution in [2.45, 2.75) is 64.5 Å². The van der Waals surface area contributed by atoms with E-state index in [0.717, 1.165) is 44.0 Å². The summed E-state index contributed by atoms with van der Waals surface area (Å²) in [5.41, 5.74) is 4.59. The molecular weight excluding hydrogens is 1030 g/mol. The monoisotopic (exact) mass is 1080 g/mol. The Labute approximate surface area is 453 Å². The van der Waals surface area contributed by atoms with Crippen molar-refractivity contribution in [2.24, 2.45) is 0 Å². The quantitative estimate of drug-likeness (QED) is 0.0463. The number of hydrogen-bond donors (Lipinski definition) is 4. The van der Waals surface area contributed by atoms with Crippen LogP contribution in [0.4, 0.5) is 37.7 Å². The minimum absolute atomic E-state index is 0. The predicted octanol–water partition coefficient (Wildman–Crippen LogP) is 10.7. The number of amides is 1. The number of hydrogen-bond acceptors (Lipinski definition) is 11. The Morgan fingerprint density at radius 1 is 0.627 bits per heavy atom. The van der Waals surface area contributed by atoms with E-state index < -0.39 is 51.8 Å². The molecule has 1 aliphatic rings. The first-order valence-corrected chi connectivity index (χ1v) is 29.7. The number of aromatic amines is 2. The van der Waals surface area contributed by atoms with Crippen LogP contribution in [0, 0.1) is 0 Å². The first kappa shape index (κ1) is 60.9. The molecule has 1 aliphatic heterocycles. The van der Waals surface area contributed by atoms with Gasteiger partial charge in [-0.05, 0) is 85.6 Å². The molecule has 1 saturated heterocycles. The van der Waals surface area contributed by atoms with Gasteiger partial charge in [-0.15, -0.1) is 0 Å². The van der Waals surface area contributed by atoms with Gasteiger partial charge >= 0.3 is 47.9 Å². The van der Waals surface area contributed by atoms with Crippen LogP contribution in [0.15, 0.2) is 134 Å². The van der Waals surface area contributed by atoms with Gasteiger partial charge in [0.15, 0.2) is 5.82 Å². The fourth-order valence-electron chi connectivity index (χ4n) is 6.83. The van der Waals surface area contributed by atoms with E-state index in [-0.39, 0.29) is 63.3 Å². The second kappa shape index (κ2) is 27.8. The fourth-order valence-corrected chi connectivity index (χ4v) is 14.9. The number of carbonyl (C=O) groups is 2. The van der Waals surface area contributed by atoms with E-state index >= 15 is 0 Å². The number of para-hydroxylation sites is 2. The molecule has 0 radical (unpaired) electrons. The molecule has 0 bridgehead atoms. The summed E-state index contributed by atoms with van der Waals surface area (Å²) in [6.07, 6.45) is 0.00190. The van der Waals surface area contributed by atoms with Crippen molar-refractivity contribution in [1.82, 2.24) is 29.9 Å². The number of benzene rings is 4. The molecule has 0 atom stereocenters. The maximum Gasteiger partial charge on any atom is 1.00 e. The number of H-pyrrole nitrogens is 2. The van der Waals surface area contributed by atoms with Crippen LogP contribution in [0.3, 0.4) is 0 Å². The number of rotatable bonds is 9. The number of methoxy groups -OCH3 is 1. The van der Waals surface area contributed by atoms with E-state index in [0.29, 0.717) is 22.9 Å². The van der Waals surface area contributed by atoms with Crippen LogP contribution in [-0.4, -0.2) is 78.6 Å². The van der Waals surface area contributed by atoms with Crippen LogP contribution in [0.25, 0.3) is 26.7 Å². The molecule has 9 rings (SSSR count). The number of halogens is 6. The van der Waals surface area contributed by atoms with Crippen molar-refractivity contribution in [1.29, 1.82) is 0 Å². The van der Waals surface area contributed by atoms with Crippen molar-refractivity contribution < 1.29 is 84.4 Å². The van der Waals surface area contributed by atoms with Gasteiger partial charge in [-0.1, -0.05) is 80.0 Å². The van der Waals surface area contributed by atoms with Crippen molar-refractivity contribution in [2.75, 3.05) is 31.4 Å². The SMILES string of the molecule is C1CCOC1.COC(=O)c1nc2c(C(F)(F)F)cccc2[nH]1.C[Si](C)(C)[N-][Si](C)(C)C.Nc1cccc(Oc2ccncc2)c1.O=C(Nc1cccc(Oc2ccncc2)c1)c1nc2c(C(F)(F)F)cccc2[nH]1.[Na+]. The van der Waals surface area contributed by atoms with Gasteiger partial charge in [0.05, 0.1) is 29.3 Å². The van der Waals surface area contributed by atoms with Crippen LogP contribution in [-0.2, 0) is 21.8 Å². The zero-order chi connectivity index (χ0) is 54.1. The number of pyridine rings is 2. The summed E-state index contributed by atoms with van der Waals surface area (Å²) in [4.78, 5) is 44.0. The molecule has 1 fully saturated rings. The van der Waals surface area contributed by atoms with Gasteiger partial charge < -0.3 is 44.6 Å². The third-order valence-electron chi connectivity index (χ3n) is 9.45. The van der Waals surface area contributed by atoms with Gasteiger partial charge in [0.2, 0.25) is 5.82 Å². The second-order valence-corrected chi connectivity index (χ2v) is 27.5. The van der Waals surface area contributed by atoms with E-state index in [1.54, 1.807) is 79.4 Å². The van der Waals surface area contributed by atoms with Crippen molar-refractivity contribution in [3.05, 3.63) is 161 Å². The van der Waals surface area contributed by atoms with E-state index in [4.69, 9.17) is 24.6 Å². The van der Waals surface area contributed by atoms with Crippen molar-refractivity contribution in [3.63, 3.8) is 0 Å². The normalized spacial score (nSPS) is 12.2. The van der Waals surface area contributed by atoms with E-state index in [9.17, 15) is 35.9 Å². The smallest absolute Gasteiger partial charge is 0.668 e. The molecule has 4 aromatic carbocycles. The number of nitrogens with one attached hydrogen (secondary N) is 3. The van der Waals surface area contributed by atoms with E-state index in [1.165, 1.54) is 37.1 Å². The Kier molecular flexibility index (Phi) is 22.6. The zero-order valence-corrected chi connectivity index (χ0v) is 46.6. The molecule has 4 aromatic heterocycles. The Hall–Kier alpha value is -6.61. The number of alkyl halides is 6. The molecule has 5 N–H and O–H groups in total. The average molecular weight is 1080 g/mol. The molecular formula is C51H56F6N9NaO6Si2. The van der Waals surface area contributed by atoms with Crippen LogP contribution in [0.5, 0.6) is 23.0 Å². The average Bonchev–Trinajstić information content (AvgIpc) is 4.14. The van der Waals surface area contributed by atoms with Crippen LogP contribution in [0.1, 0.15) is 45.2 Å². The molecule has 0 aliphatic carbocycles. The van der Waals surface area contributed by atoms with Gasteiger partial charge in [-0.25, -0.2) is 14.8 Å². The first-order chi connectivity index (χ1) is 34.9. The molecule has 0 saturated carbocycles. The van der Waals surface area contributed by atoms with Crippen LogP contribution >= 0.6 is 0 Å². The Morgan fingerprint density at radius 3 is 1.48 bits per heavy atom. The molecule has 24 heteroatoms. The summed E-state index contributed by atoms with van der Waals surface area (Å²) in [5, 5.41) is 2.60. The number of aromatic nitrogens is 6. The number of esters is 1. The molecule has 8 aromatic rings. The van der Waals surface area contributed by atoms with Gasteiger partial charge in [0, 0.05) is 61.5 Å². The first-order valence-electron chi connectivity index (χ1n) is 22.8. The third-order valence-corrected chi connectivity index (χ3v) is 14.8. The molecule has 15 nitrogen and oxygen atoms in total. The molecule has 75 heavy (non-hydrogen) atoms. The minimum atomic E-state index is -4.57. The number of fused-ring (bicyclic) bond motifs is 2. The zero-order valence-electron chi connectivity index (χ0n) is 42.6. The summed E-state index contributed by atoms with van der Waals surface area (Å²) in [5.74, 6) is 0.571. The fraction of sp³-hybridized carbons (Fsp3) is 0.255. The number of carbonyl (C=O) groups excluding carboxylic acids is 2. The molecule has 0 unspecified atom stereocenters. The minimum Gasteiger partial charge on any atom is -0.668 e. The molecule has 392 valence electrons. The standard InChI is InChI=1S/C20H13F3N4O2.C11H10N2O.C10H7F3N2O2.C6H18NSi2.C4H8O.Na/c21-20(22,23)15-5-2-6-16-17(15)27-18(26-16)19(28)25-12-3-1-4-14(11-12)29-13-7-9-24-10-8-13;12-9-2-1-3-11(8-9)14-10-4-6-13-7-5-10;1-17-9(16)8-14-6-4-2-3-5(7(6)15-8)10(11,12)13;1-8(2,3)7-9(4,5)6;1-2-4-5-3-1;/h1-11H,(H,25,28)(H,26,27);1-8H,12H2;2-4H,1H3,(H,14,15);1-6H3;1-4H2;/q;;;-1;;+1. The summed E-state index contributed by atoms with van der Waals surface area (Å²) < 4.78 is 103. The topological polar surface area (TPSA) is 206 Å². The van der Waals surface area contributed by atoms with E-state index in [1.807, 2.05) is 18.2 Å². The Bertz CT molecular complexity index is 3040. The number of nitrogen functional groups attached to an aromatic ring is 1. The molecule has 5 heterocycles. The van der Waals surface area contributed by atoms with Crippen LogP contribution < -0.4 is 50.1 Å². The number of imidazole rings is 2. The molecule has 0 spiro atoms. The van der Waals surface area contributed by atoms with Crippen molar-refractivity contribution >= 4 is 61.8 Å². The third kappa shape index (κ3) is 20.6. The Morgan fingerprint density at radius 2 is 1.07 bits per heavy atom. The number of nitrogens with two attached hydrogens (primary N) is 1. The van der Waals surface area contributed by atoms with Gasteiger partial charge in [0.1, 0.15) is 34.0 Å². The number of nitrogens with zero attached hydrogens (tertiary/aromatic N) is 5. The summed E-state index contributed by atoms with van der Waals surface area (Å²) in [6.45, 7) is 15.8. The van der Waals surface area contributed by atoms with Gasteiger partial charge in [-0.2, -0.15) is 26.3 Å². The maximum absolute atomic E-state index is 13.1. The van der Waals surface area contributed by atoms with Gasteiger partial charge in [-0.3, -0.25) is 14.8 Å². The predicted molar refractivity (Wildman–Crippen MR) is 278 cm³/mol. The van der Waals surface area contributed by atoms with Gasteiger partial charge in [0.25, 0.3) is 5.91 Å². The van der Waals surface area contributed by atoms with Crippen molar-refractivity contribution in [3.8, 4) is 23.0 Å². The summed E-state index contributed by atoms with van der Waals surface area (Å²) in [6, 6.07) is 28.0.